The van der Waals surface area contributed by atoms with Gasteiger partial charge in [-0.2, -0.15) is 0 Å². The molecule has 0 heterocycles. The van der Waals surface area contributed by atoms with Crippen LogP contribution in [0.25, 0.3) is 0 Å². The molecule has 1 aromatic carbocycles. The van der Waals surface area contributed by atoms with Crippen LogP contribution in [-0.2, 0) is 0 Å². The molecule has 1 aromatic rings. The first kappa shape index (κ1) is 15.7. The molecule has 0 atom stereocenters. The molecule has 2 N–H and O–H groups in total. The van der Waals surface area contributed by atoms with Crippen molar-refractivity contribution in [3.05, 3.63) is 32.7 Å². The highest BCUT2D eigenvalue weighted by Crippen LogP contribution is 2.22. The average molecular weight is 378 g/mol. The number of amides is 1. The third kappa shape index (κ3) is 4.37. The van der Waals surface area contributed by atoms with Crippen molar-refractivity contribution in [3.8, 4) is 0 Å². The Labute approximate surface area is 125 Å². The molecule has 0 aromatic heterocycles. The van der Waals surface area contributed by atoms with E-state index < -0.39 is 0 Å². The van der Waals surface area contributed by atoms with Crippen molar-refractivity contribution < 1.29 is 4.79 Å². The number of carbonyl (C=O) groups excluding carboxylic acids is 1. The van der Waals surface area contributed by atoms with E-state index in [1.807, 2.05) is 32.0 Å². The molecule has 0 aliphatic heterocycles. The molecule has 0 saturated carbocycles. The van der Waals surface area contributed by atoms with Gasteiger partial charge in [0.2, 0.25) is 0 Å². The standard InChI is InChI=1S/C13H18Br2N2O/c1-13(2,7-16)8-17(3)12(18)9-4-10(14)6-11(15)5-9/h4-6H,7-8,16H2,1-3H3. The van der Waals surface area contributed by atoms with Crippen LogP contribution in [0.4, 0.5) is 0 Å². The molecule has 3 nitrogen and oxygen atoms in total. The lowest BCUT2D eigenvalue weighted by Gasteiger charge is -2.29. The molecule has 0 unspecified atom stereocenters. The maximum atomic E-state index is 12.3. The Hall–Kier alpha value is -0.390. The second-order valence-electron chi connectivity index (χ2n) is 5.19. The first-order chi connectivity index (χ1) is 8.25. The van der Waals surface area contributed by atoms with Crippen LogP contribution < -0.4 is 5.73 Å². The van der Waals surface area contributed by atoms with E-state index in [2.05, 4.69) is 31.9 Å². The molecule has 0 aliphatic rings. The molecule has 0 saturated heterocycles. The lowest BCUT2D eigenvalue weighted by Crippen LogP contribution is -2.39. The number of nitrogens with two attached hydrogens (primary N) is 1. The van der Waals surface area contributed by atoms with E-state index >= 15 is 0 Å². The van der Waals surface area contributed by atoms with Crippen LogP contribution in [-0.4, -0.2) is 30.9 Å². The normalized spacial score (nSPS) is 11.4. The summed E-state index contributed by atoms with van der Waals surface area (Å²) in [6.45, 7) is 5.28. The smallest absolute Gasteiger partial charge is 0.253 e. The molecule has 1 rings (SSSR count). The number of hydrogen-bond acceptors (Lipinski definition) is 2. The highest BCUT2D eigenvalue weighted by Gasteiger charge is 2.22. The van der Waals surface area contributed by atoms with Crippen molar-refractivity contribution >= 4 is 37.8 Å². The summed E-state index contributed by atoms with van der Waals surface area (Å²) in [6.07, 6.45) is 0. The minimum atomic E-state index is -0.0757. The molecule has 18 heavy (non-hydrogen) atoms. The van der Waals surface area contributed by atoms with Gasteiger partial charge in [-0.05, 0) is 30.2 Å². The summed E-state index contributed by atoms with van der Waals surface area (Å²) in [7, 11) is 1.80. The molecular formula is C13H18Br2N2O. The molecule has 0 bridgehead atoms. The molecule has 0 radical (unpaired) electrons. The van der Waals surface area contributed by atoms with E-state index in [1.165, 1.54) is 0 Å². The Balaban J connectivity index is 2.87. The minimum Gasteiger partial charge on any atom is -0.341 e. The zero-order chi connectivity index (χ0) is 13.9. The van der Waals surface area contributed by atoms with E-state index in [0.29, 0.717) is 18.7 Å². The van der Waals surface area contributed by atoms with Gasteiger partial charge in [0.05, 0.1) is 0 Å². The van der Waals surface area contributed by atoms with Crippen molar-refractivity contribution in [2.24, 2.45) is 11.1 Å². The Kier molecular flexibility index (Phi) is 5.37. The molecule has 0 fully saturated rings. The van der Waals surface area contributed by atoms with E-state index in [-0.39, 0.29) is 11.3 Å². The zero-order valence-electron chi connectivity index (χ0n) is 10.8. The monoisotopic (exact) mass is 376 g/mol. The Morgan fingerprint density at radius 1 is 1.28 bits per heavy atom. The molecule has 5 heteroatoms. The molecule has 100 valence electrons. The summed E-state index contributed by atoms with van der Waals surface area (Å²) in [6, 6.07) is 5.54. The van der Waals surface area contributed by atoms with Crippen molar-refractivity contribution in [1.82, 2.24) is 4.90 Å². The summed E-state index contributed by atoms with van der Waals surface area (Å²) in [5.74, 6) is -0.00137. The van der Waals surface area contributed by atoms with Gasteiger partial charge in [-0.15, -0.1) is 0 Å². The largest absolute Gasteiger partial charge is 0.341 e. The summed E-state index contributed by atoms with van der Waals surface area (Å²) in [5.41, 5.74) is 6.27. The number of halogens is 2. The zero-order valence-corrected chi connectivity index (χ0v) is 14.0. The van der Waals surface area contributed by atoms with E-state index in [1.54, 1.807) is 11.9 Å². The average Bonchev–Trinajstić information content (AvgIpc) is 2.26. The van der Waals surface area contributed by atoms with Crippen LogP contribution in [0.1, 0.15) is 24.2 Å². The second-order valence-corrected chi connectivity index (χ2v) is 7.02. The Morgan fingerprint density at radius 3 is 2.22 bits per heavy atom. The van der Waals surface area contributed by atoms with Gasteiger partial charge in [0, 0.05) is 28.1 Å². The number of carbonyl (C=O) groups is 1. The minimum absolute atomic E-state index is 0.00137. The lowest BCUT2D eigenvalue weighted by molar-refractivity contribution is 0.0740. The Bertz CT molecular complexity index is 426. The topological polar surface area (TPSA) is 46.3 Å². The third-order valence-corrected chi connectivity index (χ3v) is 3.59. The van der Waals surface area contributed by atoms with Crippen molar-refractivity contribution in [1.29, 1.82) is 0 Å². The number of nitrogens with zero attached hydrogens (tertiary/aromatic N) is 1. The summed E-state index contributed by atoms with van der Waals surface area (Å²) in [5, 5.41) is 0. The fraction of sp³-hybridized carbons (Fsp3) is 0.462. The van der Waals surface area contributed by atoms with Crippen LogP contribution in [0.5, 0.6) is 0 Å². The predicted molar refractivity (Wildman–Crippen MR) is 81.6 cm³/mol. The predicted octanol–water partition coefficient (Wildman–Crippen LogP) is 3.27. The van der Waals surface area contributed by atoms with Gasteiger partial charge >= 0.3 is 0 Å². The second kappa shape index (κ2) is 6.17. The maximum Gasteiger partial charge on any atom is 0.253 e. The summed E-state index contributed by atoms with van der Waals surface area (Å²) >= 11 is 6.77. The van der Waals surface area contributed by atoms with Crippen molar-refractivity contribution in [2.75, 3.05) is 20.1 Å². The van der Waals surface area contributed by atoms with Crippen molar-refractivity contribution in [3.63, 3.8) is 0 Å². The Morgan fingerprint density at radius 2 is 1.78 bits per heavy atom. The number of hydrogen-bond donors (Lipinski definition) is 1. The third-order valence-electron chi connectivity index (χ3n) is 2.67. The van der Waals surface area contributed by atoms with Gasteiger partial charge in [-0.3, -0.25) is 4.79 Å². The molecule has 1 amide bonds. The molecule has 0 spiro atoms. The van der Waals surface area contributed by atoms with E-state index in [9.17, 15) is 4.79 Å². The van der Waals surface area contributed by atoms with Gasteiger partial charge in [-0.25, -0.2) is 0 Å². The van der Waals surface area contributed by atoms with Gasteiger partial charge in [0.25, 0.3) is 5.91 Å². The summed E-state index contributed by atoms with van der Waals surface area (Å²) in [4.78, 5) is 14.0. The van der Waals surface area contributed by atoms with Gasteiger partial charge in [-0.1, -0.05) is 45.7 Å². The van der Waals surface area contributed by atoms with Crippen LogP contribution >= 0.6 is 31.9 Å². The van der Waals surface area contributed by atoms with E-state index in [0.717, 1.165) is 8.95 Å². The highest BCUT2D eigenvalue weighted by atomic mass is 79.9. The number of rotatable bonds is 4. The fourth-order valence-corrected chi connectivity index (χ4v) is 2.97. The quantitative estimate of drug-likeness (QED) is 0.875. The van der Waals surface area contributed by atoms with Gasteiger partial charge < -0.3 is 10.6 Å². The fourth-order valence-electron chi connectivity index (χ4n) is 1.68. The first-order valence-electron chi connectivity index (χ1n) is 5.67. The van der Waals surface area contributed by atoms with E-state index in [4.69, 9.17) is 5.73 Å². The van der Waals surface area contributed by atoms with Crippen LogP contribution in [0.15, 0.2) is 27.1 Å². The van der Waals surface area contributed by atoms with Crippen LogP contribution in [0.2, 0.25) is 0 Å². The maximum absolute atomic E-state index is 12.3. The lowest BCUT2D eigenvalue weighted by atomic mass is 9.93. The molecule has 0 aliphatic carbocycles. The van der Waals surface area contributed by atoms with Gasteiger partial charge in [0.1, 0.15) is 0 Å². The highest BCUT2D eigenvalue weighted by molar-refractivity contribution is 9.11. The van der Waals surface area contributed by atoms with Gasteiger partial charge in [0.15, 0.2) is 0 Å². The SMILES string of the molecule is CN(CC(C)(C)CN)C(=O)c1cc(Br)cc(Br)c1. The van der Waals surface area contributed by atoms with Crippen molar-refractivity contribution in [2.45, 2.75) is 13.8 Å². The first-order valence-corrected chi connectivity index (χ1v) is 7.25. The number of benzene rings is 1. The molecular weight excluding hydrogens is 360 g/mol. The summed E-state index contributed by atoms with van der Waals surface area (Å²) < 4.78 is 1.76. The van der Waals surface area contributed by atoms with Crippen LogP contribution in [0, 0.1) is 5.41 Å². The van der Waals surface area contributed by atoms with Crippen LogP contribution in [0.3, 0.4) is 0 Å².